The smallest absolute Gasteiger partial charge is 0.335 e. The van der Waals surface area contributed by atoms with Gasteiger partial charge in [-0.2, -0.15) is 0 Å². The molecule has 1 aliphatic heterocycles. The summed E-state index contributed by atoms with van der Waals surface area (Å²) >= 11 is 4.87. The fraction of sp³-hybridized carbons (Fsp3) is 0.211. The number of hydrogen-bond acceptors (Lipinski definition) is 7. The molecule has 0 saturated carbocycles. The van der Waals surface area contributed by atoms with Crippen molar-refractivity contribution < 1.29 is 24.2 Å². The van der Waals surface area contributed by atoms with Crippen molar-refractivity contribution in [3.05, 3.63) is 137 Å². The number of likely N-dealkylation sites (N-methyl/N-ethyl adjacent to an activating group) is 1. The number of ether oxygens (including phenoxy) is 2. The van der Waals surface area contributed by atoms with Gasteiger partial charge < -0.3 is 19.5 Å². The number of hydrogen-bond donors (Lipinski definition) is 1. The molecule has 9 nitrogen and oxygen atoms in total. The van der Waals surface area contributed by atoms with Crippen LogP contribution in [-0.2, 0) is 11.4 Å². The van der Waals surface area contributed by atoms with Gasteiger partial charge in [0.1, 0.15) is 24.1 Å². The number of carbonyl (C=O) groups excluding carboxylic acids is 1. The number of fused-ring (bicyclic) bond motifs is 2. The molecule has 0 bridgehead atoms. The Morgan fingerprint density at radius 1 is 1.02 bits per heavy atom. The molecule has 0 unspecified atom stereocenters. The molecule has 1 aromatic heterocycles. The van der Waals surface area contributed by atoms with Gasteiger partial charge in [0.15, 0.2) is 4.80 Å². The molecule has 5 aromatic rings. The lowest BCUT2D eigenvalue weighted by Crippen LogP contribution is -2.43. The molecule has 6 rings (SSSR count). The molecular weight excluding hydrogens is 706 g/mol. The molecule has 1 aliphatic rings. The molecule has 0 spiro atoms. The van der Waals surface area contributed by atoms with Crippen molar-refractivity contribution in [3.63, 3.8) is 0 Å². The molecule has 0 aliphatic carbocycles. The topological polar surface area (TPSA) is 110 Å². The first-order chi connectivity index (χ1) is 23.6. The number of aromatic carboxylic acids is 1. The van der Waals surface area contributed by atoms with Crippen LogP contribution in [0.5, 0.6) is 11.5 Å². The maximum atomic E-state index is 14.4. The summed E-state index contributed by atoms with van der Waals surface area (Å²) in [5, 5.41) is 11.0. The van der Waals surface area contributed by atoms with E-state index in [0.717, 1.165) is 27.5 Å². The molecule has 2 heterocycles. The number of nitrogens with zero attached hydrogens (tertiary/aromatic N) is 3. The molecule has 1 N–H and O–H groups in total. The van der Waals surface area contributed by atoms with E-state index in [9.17, 15) is 14.4 Å². The van der Waals surface area contributed by atoms with Crippen molar-refractivity contribution in [1.29, 1.82) is 0 Å². The minimum atomic E-state index is -0.981. The lowest BCUT2D eigenvalue weighted by molar-refractivity contribution is -0.127. The Balaban J connectivity index is 1.43. The number of benzene rings is 4. The van der Waals surface area contributed by atoms with Crippen molar-refractivity contribution in [2.24, 2.45) is 4.99 Å². The molecular formula is C38H34BrN3O6S. The Morgan fingerprint density at radius 3 is 2.41 bits per heavy atom. The van der Waals surface area contributed by atoms with Gasteiger partial charge in [-0.05, 0) is 95.0 Å². The third-order valence-corrected chi connectivity index (χ3v) is 10.2. The molecule has 1 atom stereocenters. The number of allylic oxidation sites excluding steroid dienone is 1. The van der Waals surface area contributed by atoms with Gasteiger partial charge in [0, 0.05) is 18.7 Å². The van der Waals surface area contributed by atoms with Gasteiger partial charge in [-0.1, -0.05) is 59.9 Å². The van der Waals surface area contributed by atoms with Crippen LogP contribution in [0.3, 0.4) is 0 Å². The van der Waals surface area contributed by atoms with E-state index in [1.807, 2.05) is 81.4 Å². The molecule has 1 amide bonds. The quantitative estimate of drug-likeness (QED) is 0.180. The molecule has 4 aromatic carbocycles. The first-order valence-electron chi connectivity index (χ1n) is 15.8. The molecule has 0 saturated heterocycles. The average Bonchev–Trinajstić information content (AvgIpc) is 3.40. The number of amides is 1. The van der Waals surface area contributed by atoms with Crippen LogP contribution in [-0.4, -0.2) is 46.6 Å². The monoisotopic (exact) mass is 739 g/mol. The lowest BCUT2D eigenvalue weighted by Gasteiger charge is -2.30. The largest absolute Gasteiger partial charge is 0.496 e. The number of halogens is 1. The number of carboxylic acids is 1. The van der Waals surface area contributed by atoms with Crippen molar-refractivity contribution in [1.82, 2.24) is 9.47 Å². The van der Waals surface area contributed by atoms with Crippen LogP contribution in [0.2, 0.25) is 0 Å². The highest BCUT2D eigenvalue weighted by atomic mass is 79.9. The number of aromatic nitrogens is 1. The van der Waals surface area contributed by atoms with Crippen LogP contribution < -0.4 is 24.4 Å². The van der Waals surface area contributed by atoms with E-state index in [2.05, 4.69) is 15.9 Å². The van der Waals surface area contributed by atoms with Crippen molar-refractivity contribution in [2.75, 3.05) is 20.2 Å². The second kappa shape index (κ2) is 14.2. The second-order valence-electron chi connectivity index (χ2n) is 11.4. The number of carbonyl (C=O) groups is 2. The molecule has 11 heteroatoms. The summed E-state index contributed by atoms with van der Waals surface area (Å²) in [6, 6.07) is 23.0. The second-order valence-corrected chi connectivity index (χ2v) is 13.3. The SMILES string of the molecule is CCN(CC)C(=O)C1=C(C)N=c2s/c(=C/c3ccc(OCc4ccc(C(=O)O)cc4)c(Br)c3)c(=O)n2[C@@H]1c1c(OC)ccc2ccccc12. The molecule has 250 valence electrons. The van der Waals surface area contributed by atoms with Crippen LogP contribution in [0.1, 0.15) is 53.9 Å². The van der Waals surface area contributed by atoms with E-state index in [1.165, 1.54) is 11.3 Å². The van der Waals surface area contributed by atoms with Gasteiger partial charge in [-0.25, -0.2) is 9.79 Å². The van der Waals surface area contributed by atoms with E-state index < -0.39 is 12.0 Å². The first-order valence-corrected chi connectivity index (χ1v) is 17.4. The summed E-state index contributed by atoms with van der Waals surface area (Å²) in [5.74, 6) is 0.0258. The Labute approximate surface area is 295 Å². The fourth-order valence-corrected chi connectivity index (χ4v) is 7.62. The van der Waals surface area contributed by atoms with E-state index in [1.54, 1.807) is 40.8 Å². The Hall–Kier alpha value is -5.00. The van der Waals surface area contributed by atoms with Crippen LogP contribution in [0.25, 0.3) is 16.8 Å². The third-order valence-electron chi connectivity index (χ3n) is 8.58. The zero-order valence-electron chi connectivity index (χ0n) is 27.4. The van der Waals surface area contributed by atoms with Crippen LogP contribution in [0, 0.1) is 0 Å². The summed E-state index contributed by atoms with van der Waals surface area (Å²) in [6.07, 6.45) is 1.81. The van der Waals surface area contributed by atoms with Crippen molar-refractivity contribution in [2.45, 2.75) is 33.4 Å². The van der Waals surface area contributed by atoms with Crippen LogP contribution in [0.4, 0.5) is 0 Å². The van der Waals surface area contributed by atoms with Gasteiger partial charge in [-0.3, -0.25) is 14.2 Å². The van der Waals surface area contributed by atoms with E-state index >= 15 is 0 Å². The van der Waals surface area contributed by atoms with Gasteiger partial charge in [0.05, 0.1) is 32.9 Å². The Morgan fingerprint density at radius 2 is 1.73 bits per heavy atom. The maximum absolute atomic E-state index is 14.4. The summed E-state index contributed by atoms with van der Waals surface area (Å²) in [4.78, 5) is 46.8. The van der Waals surface area contributed by atoms with Crippen molar-refractivity contribution in [3.8, 4) is 11.5 Å². The van der Waals surface area contributed by atoms with Gasteiger partial charge in [0.25, 0.3) is 11.5 Å². The Bertz CT molecular complexity index is 2300. The van der Waals surface area contributed by atoms with E-state index in [4.69, 9.17) is 19.6 Å². The maximum Gasteiger partial charge on any atom is 0.335 e. The van der Waals surface area contributed by atoms with Crippen LogP contribution >= 0.6 is 27.3 Å². The van der Waals surface area contributed by atoms with Gasteiger partial charge in [-0.15, -0.1) is 0 Å². The predicted molar refractivity (Wildman–Crippen MR) is 194 cm³/mol. The van der Waals surface area contributed by atoms with E-state index in [-0.39, 0.29) is 23.6 Å². The first kappa shape index (κ1) is 33.9. The minimum absolute atomic E-state index is 0.169. The normalized spacial score (nSPS) is 14.4. The zero-order valence-corrected chi connectivity index (χ0v) is 29.8. The lowest BCUT2D eigenvalue weighted by atomic mass is 9.90. The third kappa shape index (κ3) is 6.56. The number of thiazole rings is 1. The van der Waals surface area contributed by atoms with Crippen molar-refractivity contribution >= 4 is 56.0 Å². The molecule has 0 radical (unpaired) electrons. The number of rotatable bonds is 10. The van der Waals surface area contributed by atoms with Gasteiger partial charge >= 0.3 is 5.97 Å². The highest BCUT2D eigenvalue weighted by Gasteiger charge is 2.36. The molecule has 0 fully saturated rings. The standard InChI is InChI=1S/C38H34BrN3O6S/c1-5-41(6-2)36(44)32-22(3)40-38-42(34(32)33-27-10-8-7-9-25(27)16-18-30(33)47-4)35(43)31(49-38)20-24-13-17-29(28(39)19-24)48-21-23-11-14-26(15-12-23)37(45)46/h7-20,34H,5-6,21H2,1-4H3,(H,45,46)/b31-20+/t34-/m0/s1. The Kier molecular flexibility index (Phi) is 9.84. The number of carboxylic acid groups (broad SMARTS) is 1. The highest BCUT2D eigenvalue weighted by Crippen LogP contribution is 2.40. The molecule has 49 heavy (non-hydrogen) atoms. The zero-order chi connectivity index (χ0) is 34.8. The van der Waals surface area contributed by atoms with E-state index in [0.29, 0.717) is 49.7 Å². The summed E-state index contributed by atoms with van der Waals surface area (Å²) in [5.41, 5.74) is 3.29. The number of methoxy groups -OCH3 is 1. The summed E-state index contributed by atoms with van der Waals surface area (Å²) in [6.45, 7) is 6.99. The summed E-state index contributed by atoms with van der Waals surface area (Å²) < 4.78 is 14.7. The van der Waals surface area contributed by atoms with Crippen LogP contribution in [0.15, 0.2) is 104 Å². The highest BCUT2D eigenvalue weighted by molar-refractivity contribution is 9.10. The summed E-state index contributed by atoms with van der Waals surface area (Å²) in [7, 11) is 1.60. The van der Waals surface area contributed by atoms with Gasteiger partial charge in [0.2, 0.25) is 0 Å². The predicted octanol–water partition coefficient (Wildman–Crippen LogP) is 6.31. The fourth-order valence-electron chi connectivity index (χ4n) is 6.06. The average molecular weight is 741 g/mol. The minimum Gasteiger partial charge on any atom is -0.496 e.